The Bertz CT molecular complexity index is 604. The van der Waals surface area contributed by atoms with Gasteiger partial charge in [-0.1, -0.05) is 6.58 Å². The Morgan fingerprint density at radius 2 is 1.71 bits per heavy atom. The van der Waals surface area contributed by atoms with Gasteiger partial charge in [0.1, 0.15) is 6.61 Å². The van der Waals surface area contributed by atoms with Gasteiger partial charge in [-0.3, -0.25) is 0 Å². The number of hydrogen-bond donors (Lipinski definition) is 2. The van der Waals surface area contributed by atoms with Gasteiger partial charge in [0.15, 0.2) is 0 Å². The van der Waals surface area contributed by atoms with Crippen LogP contribution in [0.4, 0.5) is 0 Å². The molecule has 1 atom stereocenters. The number of aliphatic hydroxyl groups is 1. The largest absolute Gasteiger partial charge is 0.478 e. The minimum atomic E-state index is -1.09. The molecule has 1 aromatic carbocycles. The first kappa shape index (κ1) is 19.4. The van der Waals surface area contributed by atoms with Crippen LogP contribution in [0, 0.1) is 0 Å². The number of hydrogen-bond acceptors (Lipinski definition) is 6. The van der Waals surface area contributed by atoms with Crippen LogP contribution in [0.3, 0.4) is 0 Å². The van der Waals surface area contributed by atoms with Crippen molar-refractivity contribution in [2.75, 3.05) is 13.2 Å². The van der Waals surface area contributed by atoms with Crippen molar-refractivity contribution in [2.24, 2.45) is 0 Å². The van der Waals surface area contributed by atoms with Crippen LogP contribution < -0.4 is 0 Å². The van der Waals surface area contributed by atoms with Crippen LogP contribution in [0.1, 0.15) is 40.5 Å². The highest BCUT2D eigenvalue weighted by atomic mass is 16.5. The van der Waals surface area contributed by atoms with Crippen molar-refractivity contribution < 1.29 is 34.1 Å². The average molecular weight is 336 g/mol. The fraction of sp³-hybridized carbons (Fsp3) is 0.353. The predicted octanol–water partition coefficient (Wildman–Crippen LogP) is 1.80. The Balaban J connectivity index is 2.29. The van der Waals surface area contributed by atoms with Gasteiger partial charge in [-0.05, 0) is 44.0 Å². The van der Waals surface area contributed by atoms with Gasteiger partial charge in [-0.2, -0.15) is 0 Å². The Morgan fingerprint density at radius 3 is 2.25 bits per heavy atom. The lowest BCUT2D eigenvalue weighted by Crippen LogP contribution is -2.19. The summed E-state index contributed by atoms with van der Waals surface area (Å²) >= 11 is 0. The van der Waals surface area contributed by atoms with Crippen LogP contribution in [0.5, 0.6) is 0 Å². The minimum absolute atomic E-state index is 0.0656. The maximum absolute atomic E-state index is 11.8. The predicted molar refractivity (Wildman–Crippen MR) is 84.7 cm³/mol. The van der Waals surface area contributed by atoms with E-state index in [0.29, 0.717) is 18.4 Å². The molecule has 0 saturated carbocycles. The summed E-state index contributed by atoms with van der Waals surface area (Å²) in [5, 5.41) is 18.5. The Morgan fingerprint density at radius 1 is 1.12 bits per heavy atom. The molecule has 0 amide bonds. The number of carboxylic acid groups (broad SMARTS) is 1. The molecule has 0 fully saturated rings. The van der Waals surface area contributed by atoms with E-state index in [4.69, 9.17) is 14.6 Å². The molecule has 0 aromatic heterocycles. The fourth-order valence-electron chi connectivity index (χ4n) is 1.69. The van der Waals surface area contributed by atoms with Gasteiger partial charge in [0.25, 0.3) is 0 Å². The normalized spacial score (nSPS) is 11.4. The van der Waals surface area contributed by atoms with Crippen LogP contribution in [0.15, 0.2) is 36.4 Å². The molecule has 0 aliphatic carbocycles. The molecule has 0 bridgehead atoms. The van der Waals surface area contributed by atoms with Crippen molar-refractivity contribution in [3.63, 3.8) is 0 Å². The standard InChI is InChI=1S/C17H20O7/c1-11(2)16(21)23-9-3-4-14(18)10-24-17(22)13-7-5-12(6-8-13)15(19)20/h5-8,14,18H,1,3-4,9-10H2,2H3,(H,19,20). The number of carbonyl (C=O) groups is 3. The number of benzene rings is 1. The van der Waals surface area contributed by atoms with Crippen LogP contribution in [0.2, 0.25) is 0 Å². The highest BCUT2D eigenvalue weighted by Crippen LogP contribution is 2.07. The van der Waals surface area contributed by atoms with E-state index in [9.17, 15) is 19.5 Å². The molecule has 7 heteroatoms. The summed E-state index contributed by atoms with van der Waals surface area (Å²) in [6.07, 6.45) is -0.157. The van der Waals surface area contributed by atoms with E-state index in [1.165, 1.54) is 24.3 Å². The summed E-state index contributed by atoms with van der Waals surface area (Å²) < 4.78 is 9.82. The number of carbonyl (C=O) groups excluding carboxylic acids is 2. The molecule has 0 saturated heterocycles. The van der Waals surface area contributed by atoms with E-state index in [0.717, 1.165) is 0 Å². The van der Waals surface area contributed by atoms with Crippen molar-refractivity contribution in [3.8, 4) is 0 Å². The zero-order valence-corrected chi connectivity index (χ0v) is 13.4. The lowest BCUT2D eigenvalue weighted by atomic mass is 10.1. The minimum Gasteiger partial charge on any atom is -0.478 e. The third kappa shape index (κ3) is 6.62. The van der Waals surface area contributed by atoms with Crippen molar-refractivity contribution in [2.45, 2.75) is 25.9 Å². The molecule has 0 aliphatic rings. The lowest BCUT2D eigenvalue weighted by molar-refractivity contribution is -0.139. The Hall–Kier alpha value is -2.67. The van der Waals surface area contributed by atoms with Crippen LogP contribution >= 0.6 is 0 Å². The lowest BCUT2D eigenvalue weighted by Gasteiger charge is -2.11. The second-order valence-corrected chi connectivity index (χ2v) is 5.19. The molecule has 130 valence electrons. The topological polar surface area (TPSA) is 110 Å². The molecular formula is C17H20O7. The molecule has 1 rings (SSSR count). The zero-order chi connectivity index (χ0) is 18.1. The molecule has 24 heavy (non-hydrogen) atoms. The Kier molecular flexibility index (Phi) is 7.64. The molecule has 0 heterocycles. The Labute approximate surface area is 139 Å². The number of aliphatic hydroxyl groups excluding tert-OH is 1. The molecule has 2 N–H and O–H groups in total. The van der Waals surface area contributed by atoms with E-state index in [2.05, 4.69) is 6.58 Å². The van der Waals surface area contributed by atoms with Gasteiger partial charge in [-0.25, -0.2) is 14.4 Å². The van der Waals surface area contributed by atoms with Crippen molar-refractivity contribution in [3.05, 3.63) is 47.5 Å². The van der Waals surface area contributed by atoms with Crippen LogP contribution in [0.25, 0.3) is 0 Å². The first-order chi connectivity index (χ1) is 11.3. The molecule has 1 unspecified atom stereocenters. The summed E-state index contributed by atoms with van der Waals surface area (Å²) in [6, 6.07) is 5.28. The average Bonchev–Trinajstić information content (AvgIpc) is 2.56. The highest BCUT2D eigenvalue weighted by molar-refractivity contribution is 5.92. The zero-order valence-electron chi connectivity index (χ0n) is 13.4. The van der Waals surface area contributed by atoms with E-state index in [-0.39, 0.29) is 24.3 Å². The molecule has 0 spiro atoms. The number of esters is 2. The third-order valence-electron chi connectivity index (χ3n) is 3.04. The third-order valence-corrected chi connectivity index (χ3v) is 3.04. The quantitative estimate of drug-likeness (QED) is 0.402. The number of carboxylic acids is 1. The summed E-state index contributed by atoms with van der Waals surface area (Å²) in [6.45, 7) is 4.93. The maximum atomic E-state index is 11.8. The van der Waals surface area contributed by atoms with Crippen molar-refractivity contribution in [1.29, 1.82) is 0 Å². The van der Waals surface area contributed by atoms with E-state index < -0.39 is 24.0 Å². The summed E-state index contributed by atoms with van der Waals surface area (Å²) in [4.78, 5) is 33.6. The molecule has 0 radical (unpaired) electrons. The van der Waals surface area contributed by atoms with E-state index in [1.807, 2.05) is 0 Å². The summed E-state index contributed by atoms with van der Waals surface area (Å²) in [5.74, 6) is -2.22. The van der Waals surface area contributed by atoms with Gasteiger partial charge in [0, 0.05) is 5.57 Å². The molecule has 1 aromatic rings. The molecule has 0 aliphatic heterocycles. The van der Waals surface area contributed by atoms with Crippen molar-refractivity contribution in [1.82, 2.24) is 0 Å². The second kappa shape index (κ2) is 9.46. The maximum Gasteiger partial charge on any atom is 0.338 e. The second-order valence-electron chi connectivity index (χ2n) is 5.19. The molecular weight excluding hydrogens is 316 g/mol. The van der Waals surface area contributed by atoms with Gasteiger partial charge >= 0.3 is 17.9 Å². The summed E-state index contributed by atoms with van der Waals surface area (Å²) in [5.41, 5.74) is 0.567. The first-order valence-electron chi connectivity index (χ1n) is 7.32. The van der Waals surface area contributed by atoms with Crippen LogP contribution in [-0.4, -0.2) is 47.4 Å². The summed E-state index contributed by atoms with van der Waals surface area (Å²) in [7, 11) is 0. The van der Waals surface area contributed by atoms with Gasteiger partial charge in [0.2, 0.25) is 0 Å². The van der Waals surface area contributed by atoms with Crippen molar-refractivity contribution >= 4 is 17.9 Å². The first-order valence-corrected chi connectivity index (χ1v) is 7.32. The SMILES string of the molecule is C=C(C)C(=O)OCCCC(O)COC(=O)c1ccc(C(=O)O)cc1. The van der Waals surface area contributed by atoms with E-state index in [1.54, 1.807) is 6.92 Å². The number of ether oxygens (including phenoxy) is 2. The van der Waals surface area contributed by atoms with Gasteiger partial charge in [-0.15, -0.1) is 0 Å². The smallest absolute Gasteiger partial charge is 0.338 e. The van der Waals surface area contributed by atoms with E-state index >= 15 is 0 Å². The van der Waals surface area contributed by atoms with Gasteiger partial charge < -0.3 is 19.7 Å². The number of rotatable bonds is 9. The molecule has 7 nitrogen and oxygen atoms in total. The van der Waals surface area contributed by atoms with Gasteiger partial charge in [0.05, 0.1) is 23.8 Å². The highest BCUT2D eigenvalue weighted by Gasteiger charge is 2.12. The van der Waals surface area contributed by atoms with Crippen LogP contribution in [-0.2, 0) is 14.3 Å². The fourth-order valence-corrected chi connectivity index (χ4v) is 1.69. The number of aromatic carboxylic acids is 1. The monoisotopic (exact) mass is 336 g/mol.